The van der Waals surface area contributed by atoms with Crippen LogP contribution in [0.5, 0.6) is 0 Å². The van der Waals surface area contributed by atoms with E-state index in [-0.39, 0.29) is 41.0 Å². The summed E-state index contributed by atoms with van der Waals surface area (Å²) in [4.78, 5) is 43.1. The maximum Gasteiger partial charge on any atom is 0.248 e. The molecule has 1 spiro atoms. The molecular formula is C29H28BrN3O4S. The number of anilines is 2. The molecule has 3 aliphatic heterocycles. The van der Waals surface area contributed by atoms with E-state index in [1.807, 2.05) is 72.8 Å². The molecule has 3 unspecified atom stereocenters. The number of nitrogens with zero attached hydrogens (tertiary/aromatic N) is 1. The molecule has 9 heteroatoms. The summed E-state index contributed by atoms with van der Waals surface area (Å²) in [6.07, 6.45) is 0.973. The Balaban J connectivity index is 1.33. The molecule has 6 rings (SSSR count). The Labute approximate surface area is 233 Å². The van der Waals surface area contributed by atoms with Crippen molar-refractivity contribution in [3.05, 3.63) is 72.8 Å². The number of alkyl halides is 1. The van der Waals surface area contributed by atoms with E-state index in [4.69, 9.17) is 0 Å². The van der Waals surface area contributed by atoms with Crippen LogP contribution in [-0.2, 0) is 14.4 Å². The Morgan fingerprint density at radius 3 is 2.45 bits per heavy atom. The Bertz CT molecular complexity index is 1400. The molecule has 3 aromatic rings. The zero-order valence-electron chi connectivity index (χ0n) is 20.5. The number of aliphatic hydroxyl groups is 1. The van der Waals surface area contributed by atoms with E-state index in [0.29, 0.717) is 24.2 Å². The first-order valence-corrected chi connectivity index (χ1v) is 14.6. The fraction of sp³-hybridized carbons (Fsp3) is 0.345. The number of aliphatic hydroxyl groups excluding tert-OH is 1. The third-order valence-electron chi connectivity index (χ3n) is 7.96. The van der Waals surface area contributed by atoms with Crippen LogP contribution in [0.2, 0.25) is 0 Å². The highest BCUT2D eigenvalue weighted by Crippen LogP contribution is 2.67. The lowest BCUT2D eigenvalue weighted by Crippen LogP contribution is -2.52. The van der Waals surface area contributed by atoms with Gasteiger partial charge in [-0.2, -0.15) is 0 Å². The molecule has 0 radical (unpaired) electrons. The number of carbonyl (C=O) groups is 3. The van der Waals surface area contributed by atoms with Gasteiger partial charge in [0.1, 0.15) is 6.04 Å². The number of rotatable bonds is 7. The van der Waals surface area contributed by atoms with Crippen LogP contribution in [0.15, 0.2) is 72.8 Å². The van der Waals surface area contributed by atoms with Crippen molar-refractivity contribution in [2.24, 2.45) is 11.8 Å². The highest BCUT2D eigenvalue weighted by atomic mass is 79.9. The number of carbonyl (C=O) groups excluding carboxylic acids is 3. The van der Waals surface area contributed by atoms with Crippen molar-refractivity contribution < 1.29 is 19.5 Å². The lowest BCUT2D eigenvalue weighted by molar-refractivity contribution is -0.138. The molecule has 3 aliphatic rings. The SMILES string of the molecule is O=C(Nc1ccc2ccccc2c1)C1N(CCCO)C(=O)[C@@H]2[C@@H](C(=O)Nc3ccccc3)[C@@H]3SC12CC3Br. The van der Waals surface area contributed by atoms with E-state index in [2.05, 4.69) is 26.6 Å². The van der Waals surface area contributed by atoms with Crippen LogP contribution in [0.4, 0.5) is 11.4 Å². The van der Waals surface area contributed by atoms with Gasteiger partial charge in [-0.1, -0.05) is 64.5 Å². The highest BCUT2D eigenvalue weighted by Gasteiger charge is 2.75. The van der Waals surface area contributed by atoms with Gasteiger partial charge in [0.2, 0.25) is 17.7 Å². The minimum atomic E-state index is -0.748. The summed E-state index contributed by atoms with van der Waals surface area (Å²) < 4.78 is -0.731. The van der Waals surface area contributed by atoms with Crippen molar-refractivity contribution in [2.75, 3.05) is 23.8 Å². The van der Waals surface area contributed by atoms with Crippen LogP contribution in [0.3, 0.4) is 0 Å². The molecule has 6 atom stereocenters. The van der Waals surface area contributed by atoms with Crippen LogP contribution in [-0.4, -0.2) is 61.7 Å². The number of hydrogen-bond donors (Lipinski definition) is 3. The van der Waals surface area contributed by atoms with Crippen LogP contribution in [0.25, 0.3) is 10.8 Å². The molecule has 3 aromatic carbocycles. The van der Waals surface area contributed by atoms with Crippen LogP contribution < -0.4 is 10.6 Å². The monoisotopic (exact) mass is 593 g/mol. The van der Waals surface area contributed by atoms with Gasteiger partial charge in [-0.15, -0.1) is 11.8 Å². The first kappa shape index (κ1) is 25.4. The Morgan fingerprint density at radius 2 is 1.68 bits per heavy atom. The van der Waals surface area contributed by atoms with Crippen LogP contribution >= 0.6 is 27.7 Å². The maximum atomic E-state index is 14.0. The fourth-order valence-corrected chi connectivity index (χ4v) is 10.0. The summed E-state index contributed by atoms with van der Waals surface area (Å²) >= 11 is 5.38. The number of para-hydroxylation sites is 1. The Kier molecular flexibility index (Phi) is 6.70. The summed E-state index contributed by atoms with van der Waals surface area (Å²) in [6.45, 7) is 0.170. The topological polar surface area (TPSA) is 98.7 Å². The molecule has 3 amide bonds. The fourth-order valence-electron chi connectivity index (χ4n) is 6.44. The van der Waals surface area contributed by atoms with Gasteiger partial charge in [-0.25, -0.2) is 0 Å². The Hall–Kier alpha value is -2.88. The van der Waals surface area contributed by atoms with Crippen molar-refractivity contribution in [1.82, 2.24) is 4.90 Å². The smallest absolute Gasteiger partial charge is 0.248 e. The zero-order valence-corrected chi connectivity index (χ0v) is 23.0. The molecule has 196 valence electrons. The minimum Gasteiger partial charge on any atom is -0.396 e. The van der Waals surface area contributed by atoms with Gasteiger partial charge in [0.15, 0.2) is 0 Å². The van der Waals surface area contributed by atoms with Crippen molar-refractivity contribution in [3.63, 3.8) is 0 Å². The number of fused-ring (bicyclic) bond motifs is 2. The Morgan fingerprint density at radius 1 is 0.974 bits per heavy atom. The molecule has 3 heterocycles. The molecule has 0 saturated carbocycles. The number of hydrogen-bond acceptors (Lipinski definition) is 5. The molecule has 3 fully saturated rings. The number of nitrogens with one attached hydrogen (secondary N) is 2. The minimum absolute atomic E-state index is 0.00293. The summed E-state index contributed by atoms with van der Waals surface area (Å²) in [7, 11) is 0. The third kappa shape index (κ3) is 4.12. The third-order valence-corrected chi connectivity index (χ3v) is 11.2. The molecule has 3 N–H and O–H groups in total. The van der Waals surface area contributed by atoms with Gasteiger partial charge >= 0.3 is 0 Å². The predicted molar refractivity (Wildman–Crippen MR) is 153 cm³/mol. The molecule has 0 aromatic heterocycles. The van der Waals surface area contributed by atoms with Gasteiger partial charge in [0, 0.05) is 34.6 Å². The molecule has 3 saturated heterocycles. The second-order valence-corrected chi connectivity index (χ2v) is 12.9. The predicted octanol–water partition coefficient (Wildman–Crippen LogP) is 4.26. The highest BCUT2D eigenvalue weighted by molar-refractivity contribution is 9.09. The average molecular weight is 595 g/mol. The molecule has 7 nitrogen and oxygen atoms in total. The van der Waals surface area contributed by atoms with Crippen LogP contribution in [0, 0.1) is 11.8 Å². The van der Waals surface area contributed by atoms with E-state index < -0.39 is 22.6 Å². The number of amides is 3. The molecule has 0 aliphatic carbocycles. The lowest BCUT2D eigenvalue weighted by atomic mass is 9.70. The van der Waals surface area contributed by atoms with E-state index in [1.54, 1.807) is 16.7 Å². The quantitative estimate of drug-likeness (QED) is 0.355. The summed E-state index contributed by atoms with van der Waals surface area (Å²) in [6, 6.07) is 22.2. The van der Waals surface area contributed by atoms with Gasteiger partial charge < -0.3 is 20.6 Å². The second-order valence-electron chi connectivity index (χ2n) is 10.2. The largest absolute Gasteiger partial charge is 0.396 e. The van der Waals surface area contributed by atoms with E-state index in [1.165, 1.54) is 0 Å². The van der Waals surface area contributed by atoms with Gasteiger partial charge in [0.05, 0.1) is 16.6 Å². The van der Waals surface area contributed by atoms with Gasteiger partial charge in [0.25, 0.3) is 0 Å². The maximum absolute atomic E-state index is 14.0. The van der Waals surface area contributed by atoms with Crippen molar-refractivity contribution >= 4 is 67.6 Å². The normalized spacial score (nSPS) is 29.5. The van der Waals surface area contributed by atoms with Crippen molar-refractivity contribution in [3.8, 4) is 0 Å². The standard InChI is InChI=1S/C29H28BrN3O4S/c30-21-16-29-23(22(24(21)38-29)26(35)31-19-9-2-1-3-10-19)28(37)33(13-6-14-34)25(29)27(36)32-20-12-11-17-7-4-5-8-18(17)15-20/h1-5,7-12,15,21-25,34H,6,13-14,16H2,(H,31,35)(H,32,36)/t21?,22-,23+,24-,25?,29?/m1/s1. The van der Waals surface area contributed by atoms with Crippen LogP contribution in [0.1, 0.15) is 12.8 Å². The number of thioether (sulfide) groups is 1. The average Bonchev–Trinajstić information content (AvgIpc) is 3.51. The van der Waals surface area contributed by atoms with Crippen molar-refractivity contribution in [2.45, 2.75) is 33.7 Å². The number of likely N-dealkylation sites (tertiary alicyclic amines) is 1. The molecule has 2 bridgehead atoms. The summed E-state index contributed by atoms with van der Waals surface area (Å²) in [5.41, 5.74) is 1.34. The first-order valence-electron chi connectivity index (χ1n) is 12.8. The summed E-state index contributed by atoms with van der Waals surface area (Å²) in [5.74, 6) is -1.82. The molecule has 38 heavy (non-hydrogen) atoms. The van der Waals surface area contributed by atoms with E-state index in [0.717, 1.165) is 10.8 Å². The number of halogens is 1. The first-order chi connectivity index (χ1) is 18.4. The van der Waals surface area contributed by atoms with Crippen molar-refractivity contribution in [1.29, 1.82) is 0 Å². The second kappa shape index (κ2) is 10.0. The van der Waals surface area contributed by atoms with E-state index >= 15 is 0 Å². The van der Waals surface area contributed by atoms with E-state index in [9.17, 15) is 19.5 Å². The van der Waals surface area contributed by atoms with Gasteiger partial charge in [-0.05, 0) is 47.9 Å². The summed E-state index contributed by atoms with van der Waals surface area (Å²) in [5, 5.41) is 17.6. The molecular weight excluding hydrogens is 566 g/mol. The van der Waals surface area contributed by atoms with Gasteiger partial charge in [-0.3, -0.25) is 14.4 Å². The zero-order chi connectivity index (χ0) is 26.4. The number of benzene rings is 3. The lowest BCUT2D eigenvalue weighted by Gasteiger charge is -2.35.